The van der Waals surface area contributed by atoms with Crippen LogP contribution in [0.4, 0.5) is 5.69 Å². The number of nitrogens with zero attached hydrogens (tertiary/aromatic N) is 2. The molecule has 1 N–H and O–H groups in total. The molecule has 10 heteroatoms. The number of hydrogen-bond donors (Lipinski definition) is 1. The highest BCUT2D eigenvalue weighted by atomic mass is 35.5. The second-order valence-electron chi connectivity index (χ2n) is 9.32. The molecule has 0 aliphatic rings. The maximum Gasteiger partial charge on any atom is 0.243 e. The second-order valence-corrected chi connectivity index (χ2v) is 11.6. The van der Waals surface area contributed by atoms with E-state index in [1.54, 1.807) is 17.0 Å². The van der Waals surface area contributed by atoms with Crippen molar-refractivity contribution < 1.29 is 22.7 Å². The molecule has 0 aromatic heterocycles. The van der Waals surface area contributed by atoms with Gasteiger partial charge in [0.1, 0.15) is 11.8 Å². The lowest BCUT2D eigenvalue weighted by Gasteiger charge is -2.32. The largest absolute Gasteiger partial charge is 0.495 e. The Labute approximate surface area is 232 Å². The maximum absolute atomic E-state index is 13.5. The van der Waals surface area contributed by atoms with Gasteiger partial charge in [-0.15, -0.1) is 0 Å². The third-order valence-corrected chi connectivity index (χ3v) is 7.94. The highest BCUT2D eigenvalue weighted by Crippen LogP contribution is 2.30. The molecular formula is C28H40ClN3O5S. The molecule has 0 unspecified atom stereocenters. The zero-order valence-electron chi connectivity index (χ0n) is 22.9. The molecule has 0 bridgehead atoms. The Morgan fingerprint density at radius 3 is 2.29 bits per heavy atom. The highest BCUT2D eigenvalue weighted by molar-refractivity contribution is 7.92. The van der Waals surface area contributed by atoms with Gasteiger partial charge in [0.2, 0.25) is 21.8 Å². The lowest BCUT2D eigenvalue weighted by atomic mass is 10.1. The fourth-order valence-corrected chi connectivity index (χ4v) is 5.36. The van der Waals surface area contributed by atoms with Crippen LogP contribution in [0.5, 0.6) is 5.75 Å². The van der Waals surface area contributed by atoms with E-state index in [0.29, 0.717) is 35.8 Å². The van der Waals surface area contributed by atoms with Crippen molar-refractivity contribution in [1.82, 2.24) is 10.2 Å². The van der Waals surface area contributed by atoms with Gasteiger partial charge >= 0.3 is 0 Å². The lowest BCUT2D eigenvalue weighted by molar-refractivity contribution is -0.141. The summed E-state index contributed by atoms with van der Waals surface area (Å²) in [5.41, 5.74) is 1.47. The maximum atomic E-state index is 13.5. The van der Waals surface area contributed by atoms with Crippen LogP contribution in [0.1, 0.15) is 52.0 Å². The van der Waals surface area contributed by atoms with Gasteiger partial charge in [0.25, 0.3) is 0 Å². The molecule has 8 nitrogen and oxygen atoms in total. The van der Waals surface area contributed by atoms with Crippen LogP contribution in [0.3, 0.4) is 0 Å². The second kappa shape index (κ2) is 15.0. The topological polar surface area (TPSA) is 96.0 Å². The average Bonchev–Trinajstić information content (AvgIpc) is 2.88. The van der Waals surface area contributed by atoms with E-state index in [9.17, 15) is 18.0 Å². The first-order valence-electron chi connectivity index (χ1n) is 13.0. The third kappa shape index (κ3) is 9.20. The van der Waals surface area contributed by atoms with E-state index in [2.05, 4.69) is 5.32 Å². The number of anilines is 1. The monoisotopic (exact) mass is 565 g/mol. The summed E-state index contributed by atoms with van der Waals surface area (Å²) in [4.78, 5) is 28.2. The smallest absolute Gasteiger partial charge is 0.243 e. The Balaban J connectivity index is 2.19. The SMILES string of the molecule is CC[C@H](C(=O)N[C@@H](C)CC)N(CCc1ccccc1)C(=O)CCCN(c1ccc(OC)c(Cl)c1)S(C)(=O)=O. The van der Waals surface area contributed by atoms with Crippen LogP contribution in [0, 0.1) is 0 Å². The van der Waals surface area contributed by atoms with Crippen molar-refractivity contribution in [2.45, 2.75) is 65.0 Å². The molecule has 0 saturated heterocycles. The summed E-state index contributed by atoms with van der Waals surface area (Å²) in [5, 5.41) is 3.29. The summed E-state index contributed by atoms with van der Waals surface area (Å²) in [5.74, 6) is 0.0802. The number of sulfonamides is 1. The number of carbonyl (C=O) groups excluding carboxylic acids is 2. The molecule has 0 spiro atoms. The minimum Gasteiger partial charge on any atom is -0.495 e. The van der Waals surface area contributed by atoms with Crippen LogP contribution in [0.2, 0.25) is 5.02 Å². The van der Waals surface area contributed by atoms with Crippen LogP contribution >= 0.6 is 11.6 Å². The van der Waals surface area contributed by atoms with Gasteiger partial charge < -0.3 is 15.0 Å². The molecular weight excluding hydrogens is 526 g/mol. The minimum atomic E-state index is -3.62. The number of halogens is 1. The van der Waals surface area contributed by atoms with Crippen molar-refractivity contribution in [2.24, 2.45) is 0 Å². The number of ether oxygens (including phenoxy) is 1. The molecule has 0 saturated carbocycles. The van der Waals surface area contributed by atoms with Gasteiger partial charge in [0.15, 0.2) is 0 Å². The number of benzene rings is 2. The van der Waals surface area contributed by atoms with Gasteiger partial charge in [-0.2, -0.15) is 0 Å². The predicted molar refractivity (Wildman–Crippen MR) is 153 cm³/mol. The Kier molecular flexibility index (Phi) is 12.4. The zero-order chi connectivity index (χ0) is 28.3. The van der Waals surface area contributed by atoms with Gasteiger partial charge in [-0.1, -0.05) is 55.8 Å². The molecule has 2 aromatic rings. The number of methoxy groups -OCH3 is 1. The van der Waals surface area contributed by atoms with Gasteiger partial charge in [-0.3, -0.25) is 13.9 Å². The van der Waals surface area contributed by atoms with Crippen LogP contribution < -0.4 is 14.4 Å². The number of nitrogens with one attached hydrogen (secondary N) is 1. The van der Waals surface area contributed by atoms with Crippen LogP contribution in [-0.2, 0) is 26.0 Å². The summed E-state index contributed by atoms with van der Waals surface area (Å²) < 4.78 is 31.5. The zero-order valence-corrected chi connectivity index (χ0v) is 24.5. The van der Waals surface area contributed by atoms with Crippen molar-refractivity contribution in [1.29, 1.82) is 0 Å². The molecule has 2 rings (SSSR count). The van der Waals surface area contributed by atoms with Crippen molar-refractivity contribution in [3.05, 3.63) is 59.1 Å². The fraction of sp³-hybridized carbons (Fsp3) is 0.500. The Morgan fingerprint density at radius 2 is 1.74 bits per heavy atom. The van der Waals surface area contributed by atoms with E-state index in [0.717, 1.165) is 18.2 Å². The molecule has 2 aromatic carbocycles. The summed E-state index contributed by atoms with van der Waals surface area (Å²) in [6.45, 7) is 6.30. The van der Waals surface area contributed by atoms with Crippen LogP contribution in [-0.4, -0.2) is 63.7 Å². The summed E-state index contributed by atoms with van der Waals surface area (Å²) >= 11 is 6.22. The Morgan fingerprint density at radius 1 is 1.05 bits per heavy atom. The average molecular weight is 566 g/mol. The third-order valence-electron chi connectivity index (χ3n) is 6.45. The van der Waals surface area contributed by atoms with Gasteiger partial charge in [0.05, 0.1) is 24.1 Å². The normalized spacial score (nSPS) is 12.9. The number of amides is 2. The van der Waals surface area contributed by atoms with E-state index in [4.69, 9.17) is 16.3 Å². The molecule has 2 amide bonds. The first kappa shape index (κ1) is 31.4. The van der Waals surface area contributed by atoms with Crippen molar-refractivity contribution in [3.63, 3.8) is 0 Å². The van der Waals surface area contributed by atoms with Crippen LogP contribution in [0.25, 0.3) is 0 Å². The fourth-order valence-electron chi connectivity index (χ4n) is 4.15. The van der Waals surface area contributed by atoms with E-state index < -0.39 is 16.1 Å². The summed E-state index contributed by atoms with van der Waals surface area (Å²) in [7, 11) is -2.14. The quantitative estimate of drug-likeness (QED) is 0.339. The molecule has 0 radical (unpaired) electrons. The Hall–Kier alpha value is -2.78. The highest BCUT2D eigenvalue weighted by Gasteiger charge is 2.29. The van der Waals surface area contributed by atoms with Crippen molar-refractivity contribution >= 4 is 39.1 Å². The first-order valence-corrected chi connectivity index (χ1v) is 15.2. The molecule has 0 fully saturated rings. The molecule has 38 heavy (non-hydrogen) atoms. The van der Waals surface area contributed by atoms with Crippen LogP contribution in [0.15, 0.2) is 48.5 Å². The number of rotatable bonds is 15. The number of carbonyl (C=O) groups is 2. The summed E-state index contributed by atoms with van der Waals surface area (Å²) in [6, 6.07) is 14.0. The van der Waals surface area contributed by atoms with E-state index >= 15 is 0 Å². The molecule has 2 atom stereocenters. The minimum absolute atomic E-state index is 0.00210. The molecule has 210 valence electrons. The van der Waals surface area contributed by atoms with Crippen molar-refractivity contribution in [2.75, 3.05) is 30.8 Å². The molecule has 0 aliphatic carbocycles. The van der Waals surface area contributed by atoms with E-state index in [-0.39, 0.29) is 37.2 Å². The Bertz CT molecular complexity index is 1160. The standard InChI is InChI=1S/C28H40ClN3O5S/c1-6-21(3)30-28(34)25(7-2)31(19-17-22-12-9-8-10-13-22)27(33)14-11-18-32(38(5,35)36)23-15-16-26(37-4)24(29)20-23/h8-10,12-13,15-16,20-21,25H,6-7,11,14,17-19H2,1-5H3,(H,30,34)/t21-,25+/m0/s1. The predicted octanol–water partition coefficient (Wildman–Crippen LogP) is 4.66. The van der Waals surface area contributed by atoms with Gasteiger partial charge in [-0.25, -0.2) is 8.42 Å². The molecule has 0 aliphatic heterocycles. The first-order chi connectivity index (χ1) is 18.0. The summed E-state index contributed by atoms with van der Waals surface area (Å²) in [6.07, 6.45) is 3.36. The van der Waals surface area contributed by atoms with Crippen molar-refractivity contribution in [3.8, 4) is 5.75 Å². The lowest BCUT2D eigenvalue weighted by Crippen LogP contribution is -2.51. The van der Waals surface area contributed by atoms with Gasteiger partial charge in [-0.05, 0) is 56.4 Å². The van der Waals surface area contributed by atoms with Gasteiger partial charge in [0, 0.05) is 25.6 Å². The number of hydrogen-bond acceptors (Lipinski definition) is 5. The van der Waals surface area contributed by atoms with E-state index in [1.165, 1.54) is 17.5 Å². The molecule has 0 heterocycles. The van der Waals surface area contributed by atoms with E-state index in [1.807, 2.05) is 51.1 Å².